The SMILES string of the molecule is C=CCc1cccc(-c2ccccc2)c1OC(=O)C(Cl)(Cl)Cl. The Hall–Kier alpha value is -1.48. The summed E-state index contributed by atoms with van der Waals surface area (Å²) in [5, 5.41) is 0. The molecule has 0 aromatic heterocycles. The van der Waals surface area contributed by atoms with Crippen LogP contribution in [0.5, 0.6) is 5.75 Å². The maximum absolute atomic E-state index is 11.9. The molecule has 5 heteroatoms. The van der Waals surface area contributed by atoms with Crippen LogP contribution in [0.3, 0.4) is 0 Å². The zero-order chi connectivity index (χ0) is 16.2. The summed E-state index contributed by atoms with van der Waals surface area (Å²) in [6, 6.07) is 15.1. The zero-order valence-corrected chi connectivity index (χ0v) is 13.8. The number of benzene rings is 2. The second kappa shape index (κ2) is 7.19. The molecule has 0 saturated heterocycles. The molecule has 0 spiro atoms. The Morgan fingerprint density at radius 1 is 1.09 bits per heavy atom. The van der Waals surface area contributed by atoms with Gasteiger partial charge >= 0.3 is 5.97 Å². The minimum Gasteiger partial charge on any atom is -0.422 e. The number of esters is 1. The maximum atomic E-state index is 11.9. The lowest BCUT2D eigenvalue weighted by molar-refractivity contribution is -0.133. The highest BCUT2D eigenvalue weighted by Gasteiger charge is 2.34. The first-order chi connectivity index (χ1) is 10.4. The number of hydrogen-bond acceptors (Lipinski definition) is 2. The van der Waals surface area contributed by atoms with Gasteiger partial charge in [-0.2, -0.15) is 0 Å². The van der Waals surface area contributed by atoms with Gasteiger partial charge in [0.1, 0.15) is 5.75 Å². The molecule has 22 heavy (non-hydrogen) atoms. The van der Waals surface area contributed by atoms with E-state index in [2.05, 4.69) is 6.58 Å². The van der Waals surface area contributed by atoms with Crippen molar-refractivity contribution in [2.24, 2.45) is 0 Å². The van der Waals surface area contributed by atoms with E-state index in [9.17, 15) is 4.79 Å². The van der Waals surface area contributed by atoms with Crippen molar-refractivity contribution < 1.29 is 9.53 Å². The average Bonchev–Trinajstić information content (AvgIpc) is 2.49. The third-order valence-corrected chi connectivity index (χ3v) is 3.43. The lowest BCUT2D eigenvalue weighted by atomic mass is 10.00. The van der Waals surface area contributed by atoms with Crippen LogP contribution in [0.4, 0.5) is 0 Å². The Morgan fingerprint density at radius 3 is 2.36 bits per heavy atom. The topological polar surface area (TPSA) is 26.3 Å². The molecule has 0 heterocycles. The summed E-state index contributed by atoms with van der Waals surface area (Å²) >= 11 is 16.8. The third-order valence-electron chi connectivity index (χ3n) is 2.97. The Labute approximate surface area is 144 Å². The molecule has 0 bridgehead atoms. The van der Waals surface area contributed by atoms with Gasteiger partial charge < -0.3 is 4.74 Å². The molecule has 114 valence electrons. The van der Waals surface area contributed by atoms with Crippen LogP contribution >= 0.6 is 34.8 Å². The molecular weight excluding hydrogens is 343 g/mol. The van der Waals surface area contributed by atoms with Gasteiger partial charge in [0.05, 0.1) is 0 Å². The Morgan fingerprint density at radius 2 is 1.77 bits per heavy atom. The Balaban J connectivity index is 2.52. The Kier molecular flexibility index (Phi) is 5.52. The number of carbonyl (C=O) groups excluding carboxylic acids is 1. The first-order valence-electron chi connectivity index (χ1n) is 6.50. The molecule has 0 unspecified atom stereocenters. The lowest BCUT2D eigenvalue weighted by Crippen LogP contribution is -2.25. The van der Waals surface area contributed by atoms with E-state index in [0.717, 1.165) is 16.7 Å². The molecule has 0 saturated carbocycles. The van der Waals surface area contributed by atoms with Gasteiger partial charge in [-0.25, -0.2) is 4.79 Å². The molecule has 2 aromatic carbocycles. The van der Waals surface area contributed by atoms with Crippen LogP contribution in [0, 0.1) is 0 Å². The highest BCUT2D eigenvalue weighted by atomic mass is 35.6. The molecule has 0 aliphatic heterocycles. The van der Waals surface area contributed by atoms with E-state index < -0.39 is 9.76 Å². The normalized spacial score (nSPS) is 11.0. The van der Waals surface area contributed by atoms with E-state index in [1.165, 1.54) is 0 Å². The van der Waals surface area contributed by atoms with Gasteiger partial charge in [0.2, 0.25) is 0 Å². The number of ether oxygens (including phenoxy) is 1. The molecule has 2 aromatic rings. The zero-order valence-electron chi connectivity index (χ0n) is 11.6. The standard InChI is InChI=1S/C17H13Cl3O2/c1-2-7-13-10-6-11-14(12-8-4-3-5-9-12)15(13)22-16(21)17(18,19)20/h2-6,8-11H,1,7H2. The minimum atomic E-state index is -2.13. The fourth-order valence-electron chi connectivity index (χ4n) is 2.02. The summed E-state index contributed by atoms with van der Waals surface area (Å²) in [7, 11) is 0. The van der Waals surface area contributed by atoms with Crippen LogP contribution in [0.1, 0.15) is 5.56 Å². The van der Waals surface area contributed by atoms with Gasteiger partial charge in [-0.3, -0.25) is 0 Å². The van der Waals surface area contributed by atoms with E-state index in [4.69, 9.17) is 39.5 Å². The first kappa shape index (κ1) is 16.9. The number of rotatable bonds is 4. The predicted octanol–water partition coefficient (Wildman–Crippen LogP) is 5.36. The van der Waals surface area contributed by atoms with E-state index in [-0.39, 0.29) is 0 Å². The van der Waals surface area contributed by atoms with E-state index in [1.807, 2.05) is 48.5 Å². The van der Waals surface area contributed by atoms with Crippen molar-refractivity contribution in [2.45, 2.75) is 10.2 Å². The fourth-order valence-corrected chi connectivity index (χ4v) is 2.13. The Bertz CT molecular complexity index is 676. The molecule has 0 aliphatic carbocycles. The number of alkyl halides is 3. The summed E-state index contributed by atoms with van der Waals surface area (Å²) in [6.45, 7) is 3.71. The van der Waals surface area contributed by atoms with Crippen molar-refractivity contribution in [3.05, 3.63) is 66.7 Å². The van der Waals surface area contributed by atoms with E-state index in [0.29, 0.717) is 12.2 Å². The number of carbonyl (C=O) groups is 1. The molecule has 0 atom stereocenters. The molecule has 0 amide bonds. The van der Waals surface area contributed by atoms with Crippen LogP contribution in [0.2, 0.25) is 0 Å². The molecule has 0 N–H and O–H groups in total. The van der Waals surface area contributed by atoms with Crippen molar-refractivity contribution in [1.82, 2.24) is 0 Å². The van der Waals surface area contributed by atoms with Gasteiger partial charge in [0.15, 0.2) is 0 Å². The summed E-state index contributed by atoms with van der Waals surface area (Å²) < 4.78 is 3.24. The number of allylic oxidation sites excluding steroid dienone is 1. The van der Waals surface area contributed by atoms with Crippen molar-refractivity contribution in [3.63, 3.8) is 0 Å². The summed E-state index contributed by atoms with van der Waals surface area (Å²) in [5.41, 5.74) is 2.45. The number of hydrogen-bond donors (Lipinski definition) is 0. The third kappa shape index (κ3) is 4.04. The first-order valence-corrected chi connectivity index (χ1v) is 7.64. The second-order valence-electron chi connectivity index (χ2n) is 4.54. The highest BCUT2D eigenvalue weighted by molar-refractivity contribution is 6.75. The molecule has 2 nitrogen and oxygen atoms in total. The van der Waals surface area contributed by atoms with Gasteiger partial charge in [0.25, 0.3) is 3.79 Å². The maximum Gasteiger partial charge on any atom is 0.363 e. The van der Waals surface area contributed by atoms with Crippen LogP contribution in [-0.4, -0.2) is 9.76 Å². The van der Waals surface area contributed by atoms with Gasteiger partial charge in [-0.15, -0.1) is 6.58 Å². The molecule has 0 radical (unpaired) electrons. The highest BCUT2D eigenvalue weighted by Crippen LogP contribution is 2.36. The fraction of sp³-hybridized carbons (Fsp3) is 0.118. The van der Waals surface area contributed by atoms with E-state index in [1.54, 1.807) is 6.08 Å². The summed E-state index contributed by atoms with van der Waals surface area (Å²) in [4.78, 5) is 11.9. The lowest BCUT2D eigenvalue weighted by Gasteiger charge is -2.16. The number of halogens is 3. The molecule has 0 fully saturated rings. The summed E-state index contributed by atoms with van der Waals surface area (Å²) in [6.07, 6.45) is 2.25. The van der Waals surface area contributed by atoms with Crippen molar-refractivity contribution in [3.8, 4) is 16.9 Å². The smallest absolute Gasteiger partial charge is 0.363 e. The van der Waals surface area contributed by atoms with Gasteiger partial charge in [-0.05, 0) is 17.5 Å². The van der Waals surface area contributed by atoms with Crippen LogP contribution in [0.15, 0.2) is 61.2 Å². The number of para-hydroxylation sites is 1. The van der Waals surface area contributed by atoms with Crippen LogP contribution in [-0.2, 0) is 11.2 Å². The van der Waals surface area contributed by atoms with Crippen molar-refractivity contribution >= 4 is 40.8 Å². The second-order valence-corrected chi connectivity index (χ2v) is 6.82. The van der Waals surface area contributed by atoms with Crippen molar-refractivity contribution in [1.29, 1.82) is 0 Å². The molecular formula is C17H13Cl3O2. The van der Waals surface area contributed by atoms with Crippen molar-refractivity contribution in [2.75, 3.05) is 0 Å². The quantitative estimate of drug-likeness (QED) is 0.319. The predicted molar refractivity (Wildman–Crippen MR) is 91.7 cm³/mol. The minimum absolute atomic E-state index is 0.380. The molecule has 0 aliphatic rings. The summed E-state index contributed by atoms with van der Waals surface area (Å²) in [5.74, 6) is -0.559. The average molecular weight is 356 g/mol. The van der Waals surface area contributed by atoms with Crippen LogP contribution < -0.4 is 4.74 Å². The largest absolute Gasteiger partial charge is 0.422 e. The monoisotopic (exact) mass is 354 g/mol. The van der Waals surface area contributed by atoms with Crippen LogP contribution in [0.25, 0.3) is 11.1 Å². The van der Waals surface area contributed by atoms with Gasteiger partial charge in [-0.1, -0.05) is 89.4 Å². The van der Waals surface area contributed by atoms with Gasteiger partial charge in [0, 0.05) is 5.56 Å². The van der Waals surface area contributed by atoms with E-state index >= 15 is 0 Å². The molecule has 2 rings (SSSR count).